The zero-order chi connectivity index (χ0) is 17.4. The molecule has 2 aromatic carbocycles. The minimum absolute atomic E-state index is 0. The molecule has 0 aliphatic rings. The Morgan fingerprint density at radius 2 is 1.52 bits per heavy atom. The Morgan fingerprint density at radius 1 is 0.920 bits per heavy atom. The normalized spacial score (nSPS) is 12.9. The molecule has 0 saturated heterocycles. The summed E-state index contributed by atoms with van der Waals surface area (Å²) >= 11 is 0. The first kappa shape index (κ1) is 21.2. The van der Waals surface area contributed by atoms with Crippen LogP contribution in [0.15, 0.2) is 54.6 Å². The molecular weight excluding hydrogens is 328 g/mol. The molecule has 0 aliphatic carbocycles. The summed E-state index contributed by atoms with van der Waals surface area (Å²) in [5.74, 6) is 0. The maximum Gasteiger partial charge on any atom is 0.109 e. The van der Waals surface area contributed by atoms with Crippen molar-refractivity contribution in [2.45, 2.75) is 39.0 Å². The van der Waals surface area contributed by atoms with Crippen molar-refractivity contribution in [3.05, 3.63) is 71.3 Å². The molecule has 0 fully saturated rings. The summed E-state index contributed by atoms with van der Waals surface area (Å²) in [6.07, 6.45) is 1.75. The van der Waals surface area contributed by atoms with Crippen molar-refractivity contribution in [2.24, 2.45) is 0 Å². The lowest BCUT2D eigenvalue weighted by Crippen LogP contribution is -2.34. The smallest absolute Gasteiger partial charge is 0.109 e. The maximum absolute atomic E-state index is 10.3. The second-order valence-corrected chi connectivity index (χ2v) is 6.17. The Kier molecular flexibility index (Phi) is 8.69. The summed E-state index contributed by atoms with van der Waals surface area (Å²) in [5.41, 5.74) is 2.94. The summed E-state index contributed by atoms with van der Waals surface area (Å²) in [4.78, 5) is 2.39. The number of benzene rings is 2. The fourth-order valence-corrected chi connectivity index (χ4v) is 3.45. The predicted octanol–water partition coefficient (Wildman–Crippen LogP) is 5.21. The Bertz CT molecular complexity index is 674. The van der Waals surface area contributed by atoms with Crippen molar-refractivity contribution in [1.82, 2.24) is 4.90 Å². The average molecular weight is 357 g/mol. The van der Waals surface area contributed by atoms with E-state index in [-0.39, 0.29) is 12.4 Å². The van der Waals surface area contributed by atoms with Gasteiger partial charge in [-0.3, -0.25) is 0 Å². The van der Waals surface area contributed by atoms with Gasteiger partial charge in [-0.15, -0.1) is 12.4 Å². The van der Waals surface area contributed by atoms with Gasteiger partial charge in [0.05, 0.1) is 6.07 Å². The van der Waals surface area contributed by atoms with Gasteiger partial charge < -0.3 is 4.90 Å². The number of hydrogen-bond acceptors (Lipinski definition) is 2. The van der Waals surface area contributed by atoms with Crippen molar-refractivity contribution in [1.29, 1.82) is 5.26 Å². The van der Waals surface area contributed by atoms with E-state index in [1.165, 1.54) is 5.56 Å². The molecule has 0 aromatic heterocycles. The SMILES string of the molecule is CCc1ccccc1C(C#N)(CCN(CC)CC)c1ccccc1.Cl. The molecule has 0 bridgehead atoms. The number of halogens is 1. The number of hydrogen-bond donors (Lipinski definition) is 0. The molecule has 2 nitrogen and oxygen atoms in total. The summed E-state index contributed by atoms with van der Waals surface area (Å²) in [6, 6.07) is 21.4. The van der Waals surface area contributed by atoms with E-state index < -0.39 is 5.41 Å². The van der Waals surface area contributed by atoms with Gasteiger partial charge in [0.1, 0.15) is 5.41 Å². The number of nitriles is 1. The maximum atomic E-state index is 10.3. The van der Waals surface area contributed by atoms with E-state index in [2.05, 4.69) is 68.1 Å². The quantitative estimate of drug-likeness (QED) is 0.649. The third kappa shape index (κ3) is 4.63. The van der Waals surface area contributed by atoms with Gasteiger partial charge in [0.15, 0.2) is 0 Å². The lowest BCUT2D eigenvalue weighted by Gasteiger charge is -2.32. The van der Waals surface area contributed by atoms with Gasteiger partial charge in [-0.1, -0.05) is 75.4 Å². The Balaban J connectivity index is 0.00000312. The fraction of sp³-hybridized carbons (Fsp3) is 0.409. The molecule has 0 saturated carbocycles. The number of aryl methyl sites for hydroxylation is 1. The van der Waals surface area contributed by atoms with Crippen LogP contribution in [-0.2, 0) is 11.8 Å². The molecule has 1 atom stereocenters. The van der Waals surface area contributed by atoms with Crippen LogP contribution in [0.3, 0.4) is 0 Å². The molecule has 134 valence electrons. The molecule has 1 unspecified atom stereocenters. The van der Waals surface area contributed by atoms with Gasteiger partial charge in [-0.2, -0.15) is 5.26 Å². The van der Waals surface area contributed by atoms with Crippen molar-refractivity contribution < 1.29 is 0 Å². The molecule has 2 rings (SSSR count). The molecule has 0 radical (unpaired) electrons. The molecule has 0 aliphatic heterocycles. The van der Waals surface area contributed by atoms with Crippen LogP contribution in [0.2, 0.25) is 0 Å². The standard InChI is InChI=1S/C22H28N2.ClH/c1-4-19-12-10-11-15-21(19)22(18-23,16-17-24(5-2)6-3)20-13-8-7-9-14-20;/h7-15H,4-6,16-17H2,1-3H3;1H. The minimum atomic E-state index is -0.587. The van der Waals surface area contributed by atoms with E-state index in [0.717, 1.165) is 43.6 Å². The highest BCUT2D eigenvalue weighted by Gasteiger charge is 2.36. The van der Waals surface area contributed by atoms with E-state index >= 15 is 0 Å². The van der Waals surface area contributed by atoms with E-state index in [1.54, 1.807) is 0 Å². The van der Waals surface area contributed by atoms with Crippen LogP contribution in [0.25, 0.3) is 0 Å². The monoisotopic (exact) mass is 356 g/mol. The van der Waals surface area contributed by atoms with Crippen molar-refractivity contribution >= 4 is 12.4 Å². The highest BCUT2D eigenvalue weighted by Crippen LogP contribution is 2.37. The van der Waals surface area contributed by atoms with E-state index in [1.807, 2.05) is 18.2 Å². The first-order valence-corrected chi connectivity index (χ1v) is 8.99. The Morgan fingerprint density at radius 3 is 2.08 bits per heavy atom. The largest absolute Gasteiger partial charge is 0.304 e. The topological polar surface area (TPSA) is 27.0 Å². The van der Waals surface area contributed by atoms with Crippen molar-refractivity contribution in [2.75, 3.05) is 19.6 Å². The van der Waals surface area contributed by atoms with Crippen LogP contribution < -0.4 is 0 Å². The molecule has 3 heteroatoms. The van der Waals surface area contributed by atoms with Crippen LogP contribution in [-0.4, -0.2) is 24.5 Å². The molecule has 0 amide bonds. The second kappa shape index (κ2) is 10.2. The lowest BCUT2D eigenvalue weighted by molar-refractivity contribution is 0.284. The van der Waals surface area contributed by atoms with Gasteiger partial charge in [0, 0.05) is 6.54 Å². The minimum Gasteiger partial charge on any atom is -0.304 e. The van der Waals surface area contributed by atoms with Crippen molar-refractivity contribution in [3.8, 4) is 6.07 Å². The molecular formula is C22H29ClN2. The first-order valence-electron chi connectivity index (χ1n) is 8.99. The van der Waals surface area contributed by atoms with Crippen LogP contribution in [0.4, 0.5) is 0 Å². The molecule has 0 N–H and O–H groups in total. The lowest BCUT2D eigenvalue weighted by atomic mass is 9.71. The van der Waals surface area contributed by atoms with Crippen LogP contribution in [0.5, 0.6) is 0 Å². The van der Waals surface area contributed by atoms with Crippen LogP contribution in [0.1, 0.15) is 43.9 Å². The summed E-state index contributed by atoms with van der Waals surface area (Å²) in [5, 5.41) is 10.3. The Labute approximate surface area is 158 Å². The van der Waals surface area contributed by atoms with Gasteiger partial charge in [0.2, 0.25) is 0 Å². The van der Waals surface area contributed by atoms with E-state index in [4.69, 9.17) is 0 Å². The third-order valence-corrected chi connectivity index (χ3v) is 5.01. The summed E-state index contributed by atoms with van der Waals surface area (Å²) in [6.45, 7) is 9.48. The van der Waals surface area contributed by atoms with Gasteiger partial charge >= 0.3 is 0 Å². The zero-order valence-electron chi connectivity index (χ0n) is 15.5. The third-order valence-electron chi connectivity index (χ3n) is 5.01. The summed E-state index contributed by atoms with van der Waals surface area (Å²) in [7, 11) is 0. The summed E-state index contributed by atoms with van der Waals surface area (Å²) < 4.78 is 0. The van der Waals surface area contributed by atoms with Crippen molar-refractivity contribution in [3.63, 3.8) is 0 Å². The molecule has 0 spiro atoms. The number of rotatable bonds is 8. The number of nitrogens with zero attached hydrogens (tertiary/aromatic N) is 2. The van der Waals surface area contributed by atoms with Gasteiger partial charge in [-0.05, 0) is 42.6 Å². The highest BCUT2D eigenvalue weighted by molar-refractivity contribution is 5.85. The fourth-order valence-electron chi connectivity index (χ4n) is 3.45. The second-order valence-electron chi connectivity index (χ2n) is 6.17. The zero-order valence-corrected chi connectivity index (χ0v) is 16.4. The molecule has 2 aromatic rings. The van der Waals surface area contributed by atoms with E-state index in [9.17, 15) is 5.26 Å². The van der Waals surface area contributed by atoms with E-state index in [0.29, 0.717) is 0 Å². The molecule has 0 heterocycles. The molecule has 25 heavy (non-hydrogen) atoms. The average Bonchev–Trinajstić information content (AvgIpc) is 2.66. The van der Waals surface area contributed by atoms with Crippen LogP contribution in [0, 0.1) is 11.3 Å². The Hall–Kier alpha value is -1.82. The van der Waals surface area contributed by atoms with Gasteiger partial charge in [0.25, 0.3) is 0 Å². The first-order chi connectivity index (χ1) is 11.7. The predicted molar refractivity (Wildman–Crippen MR) is 108 cm³/mol. The van der Waals surface area contributed by atoms with Gasteiger partial charge in [-0.25, -0.2) is 0 Å². The highest BCUT2D eigenvalue weighted by atomic mass is 35.5. The van der Waals surface area contributed by atoms with Crippen LogP contribution >= 0.6 is 12.4 Å².